The van der Waals surface area contributed by atoms with Gasteiger partial charge in [-0.05, 0) is 48.5 Å². The lowest BCUT2D eigenvalue weighted by molar-refractivity contribution is 0.0599. The standard InChI is InChI=1S/C13H18BrF2NO/c1-4-17-11(7-18-8(2)3)12-10(15)6-5-9(14)13(12)16/h5-6,8,11,17H,4,7H2,1-3H3. The highest BCUT2D eigenvalue weighted by Crippen LogP contribution is 2.27. The first-order valence-electron chi connectivity index (χ1n) is 5.95. The van der Waals surface area contributed by atoms with Crippen molar-refractivity contribution in [2.45, 2.75) is 32.9 Å². The summed E-state index contributed by atoms with van der Waals surface area (Å²) in [6, 6.07) is 2.12. The molecule has 0 heterocycles. The summed E-state index contributed by atoms with van der Waals surface area (Å²) in [6.45, 7) is 6.50. The Morgan fingerprint density at radius 2 is 2.00 bits per heavy atom. The van der Waals surface area contributed by atoms with E-state index in [0.29, 0.717) is 6.54 Å². The number of likely N-dealkylation sites (N-methyl/N-ethyl adjacent to an activating group) is 1. The first-order valence-corrected chi connectivity index (χ1v) is 6.75. The molecule has 1 rings (SSSR count). The van der Waals surface area contributed by atoms with Gasteiger partial charge in [-0.15, -0.1) is 0 Å². The number of rotatable bonds is 6. The lowest BCUT2D eigenvalue weighted by Crippen LogP contribution is -2.28. The average Bonchev–Trinajstić information content (AvgIpc) is 2.31. The lowest BCUT2D eigenvalue weighted by atomic mass is 10.1. The van der Waals surface area contributed by atoms with Crippen LogP contribution in [0, 0.1) is 11.6 Å². The van der Waals surface area contributed by atoms with Crippen LogP contribution in [0.15, 0.2) is 16.6 Å². The van der Waals surface area contributed by atoms with Crippen molar-refractivity contribution >= 4 is 15.9 Å². The molecule has 2 nitrogen and oxygen atoms in total. The molecule has 0 amide bonds. The molecule has 0 aromatic heterocycles. The Bertz CT molecular complexity index is 399. The Hall–Kier alpha value is -0.520. The Kier molecular flexibility index (Phi) is 6.18. The molecule has 1 aromatic rings. The third-order valence-electron chi connectivity index (χ3n) is 2.47. The second kappa shape index (κ2) is 7.16. The Morgan fingerprint density at radius 3 is 2.56 bits per heavy atom. The summed E-state index contributed by atoms with van der Waals surface area (Å²) in [7, 11) is 0. The van der Waals surface area contributed by atoms with Gasteiger partial charge in [-0.2, -0.15) is 0 Å². The summed E-state index contributed by atoms with van der Waals surface area (Å²) in [5.74, 6) is -1.14. The van der Waals surface area contributed by atoms with E-state index in [-0.39, 0.29) is 22.7 Å². The molecule has 0 saturated carbocycles. The van der Waals surface area contributed by atoms with Gasteiger partial charge in [-0.25, -0.2) is 8.78 Å². The summed E-state index contributed by atoms with van der Waals surface area (Å²) in [5.41, 5.74) is 0.0203. The first-order chi connectivity index (χ1) is 8.47. The predicted molar refractivity (Wildman–Crippen MR) is 71.6 cm³/mol. The van der Waals surface area contributed by atoms with Gasteiger partial charge in [0.25, 0.3) is 0 Å². The number of hydrogen-bond acceptors (Lipinski definition) is 2. The van der Waals surface area contributed by atoms with Crippen LogP contribution in [-0.2, 0) is 4.74 Å². The largest absolute Gasteiger partial charge is 0.377 e. The van der Waals surface area contributed by atoms with E-state index in [1.54, 1.807) is 0 Å². The van der Waals surface area contributed by atoms with Gasteiger partial charge in [0.1, 0.15) is 11.6 Å². The van der Waals surface area contributed by atoms with Crippen molar-refractivity contribution in [2.75, 3.05) is 13.2 Å². The van der Waals surface area contributed by atoms with Crippen LogP contribution >= 0.6 is 15.9 Å². The minimum absolute atomic E-state index is 0.0180. The van der Waals surface area contributed by atoms with Crippen LogP contribution in [-0.4, -0.2) is 19.3 Å². The van der Waals surface area contributed by atoms with Gasteiger partial charge < -0.3 is 10.1 Å². The van der Waals surface area contributed by atoms with Crippen molar-refractivity contribution in [1.29, 1.82) is 0 Å². The van der Waals surface area contributed by atoms with Gasteiger partial charge >= 0.3 is 0 Å². The van der Waals surface area contributed by atoms with E-state index < -0.39 is 17.7 Å². The topological polar surface area (TPSA) is 21.3 Å². The predicted octanol–water partition coefficient (Wildman–Crippen LogP) is 3.80. The highest BCUT2D eigenvalue weighted by atomic mass is 79.9. The zero-order valence-electron chi connectivity index (χ0n) is 10.8. The smallest absolute Gasteiger partial charge is 0.145 e. The minimum atomic E-state index is -0.576. The fraction of sp³-hybridized carbons (Fsp3) is 0.538. The van der Waals surface area contributed by atoms with Crippen LogP contribution in [0.25, 0.3) is 0 Å². The van der Waals surface area contributed by atoms with Gasteiger partial charge in [0.2, 0.25) is 0 Å². The van der Waals surface area contributed by atoms with Crippen molar-refractivity contribution in [2.24, 2.45) is 0 Å². The zero-order chi connectivity index (χ0) is 13.7. The van der Waals surface area contributed by atoms with Gasteiger partial charge in [-0.1, -0.05) is 6.92 Å². The van der Waals surface area contributed by atoms with Crippen molar-refractivity contribution in [3.8, 4) is 0 Å². The number of ether oxygens (including phenoxy) is 1. The lowest BCUT2D eigenvalue weighted by Gasteiger charge is -2.21. The molecule has 0 saturated heterocycles. The summed E-state index contributed by atoms with van der Waals surface area (Å²) in [6.07, 6.45) is 0.0180. The molecule has 1 aromatic carbocycles. The highest BCUT2D eigenvalue weighted by Gasteiger charge is 2.21. The molecule has 0 aliphatic carbocycles. The normalized spacial score (nSPS) is 13.1. The fourth-order valence-corrected chi connectivity index (χ4v) is 1.99. The van der Waals surface area contributed by atoms with Crippen molar-refractivity contribution in [1.82, 2.24) is 5.32 Å². The molecule has 1 N–H and O–H groups in total. The minimum Gasteiger partial charge on any atom is -0.377 e. The molecule has 0 bridgehead atoms. The molecular formula is C13H18BrF2NO. The average molecular weight is 322 g/mol. The Balaban J connectivity index is 3.01. The van der Waals surface area contributed by atoms with Crippen molar-refractivity contribution in [3.63, 3.8) is 0 Å². The molecule has 5 heteroatoms. The third-order valence-corrected chi connectivity index (χ3v) is 3.09. The van der Waals surface area contributed by atoms with E-state index in [0.717, 1.165) is 0 Å². The van der Waals surface area contributed by atoms with Crippen LogP contribution in [0.3, 0.4) is 0 Å². The van der Waals surface area contributed by atoms with Crippen LogP contribution in [0.1, 0.15) is 32.4 Å². The Labute approximate surface area is 115 Å². The van der Waals surface area contributed by atoms with Gasteiger partial charge in [0.15, 0.2) is 0 Å². The summed E-state index contributed by atoms with van der Waals surface area (Å²) in [5, 5.41) is 3.04. The molecule has 0 spiro atoms. The van der Waals surface area contributed by atoms with Crippen LogP contribution in [0.4, 0.5) is 8.78 Å². The zero-order valence-corrected chi connectivity index (χ0v) is 12.4. The molecule has 1 atom stereocenters. The van der Waals surface area contributed by atoms with E-state index >= 15 is 0 Å². The van der Waals surface area contributed by atoms with Gasteiger partial charge in [-0.3, -0.25) is 0 Å². The second-order valence-electron chi connectivity index (χ2n) is 4.25. The Morgan fingerprint density at radius 1 is 1.33 bits per heavy atom. The summed E-state index contributed by atoms with van der Waals surface area (Å²) in [4.78, 5) is 0. The molecule has 0 aliphatic rings. The van der Waals surface area contributed by atoms with Gasteiger partial charge in [0.05, 0.1) is 23.2 Å². The van der Waals surface area contributed by atoms with E-state index in [9.17, 15) is 8.78 Å². The molecule has 0 aliphatic heterocycles. The van der Waals surface area contributed by atoms with Crippen LogP contribution in [0.2, 0.25) is 0 Å². The molecule has 102 valence electrons. The highest BCUT2D eigenvalue weighted by molar-refractivity contribution is 9.10. The van der Waals surface area contributed by atoms with Gasteiger partial charge in [0, 0.05) is 5.56 Å². The monoisotopic (exact) mass is 321 g/mol. The summed E-state index contributed by atoms with van der Waals surface area (Å²) < 4.78 is 33.5. The maximum Gasteiger partial charge on any atom is 0.145 e. The number of nitrogens with one attached hydrogen (secondary N) is 1. The summed E-state index contributed by atoms with van der Waals surface area (Å²) >= 11 is 3.07. The van der Waals surface area contributed by atoms with E-state index in [1.165, 1.54) is 12.1 Å². The molecule has 1 unspecified atom stereocenters. The maximum atomic E-state index is 14.0. The molecule has 0 fully saturated rings. The van der Waals surface area contributed by atoms with Crippen molar-refractivity contribution < 1.29 is 13.5 Å². The second-order valence-corrected chi connectivity index (χ2v) is 5.10. The number of halogens is 3. The maximum absolute atomic E-state index is 14.0. The molecular weight excluding hydrogens is 304 g/mol. The van der Waals surface area contributed by atoms with E-state index in [1.807, 2.05) is 20.8 Å². The van der Waals surface area contributed by atoms with E-state index in [4.69, 9.17) is 4.74 Å². The SMILES string of the molecule is CCNC(COC(C)C)c1c(F)ccc(Br)c1F. The molecule has 0 radical (unpaired) electrons. The quantitative estimate of drug-likeness (QED) is 0.805. The number of benzene rings is 1. The first kappa shape index (κ1) is 15.5. The molecule has 18 heavy (non-hydrogen) atoms. The number of hydrogen-bond donors (Lipinski definition) is 1. The van der Waals surface area contributed by atoms with Crippen LogP contribution < -0.4 is 5.32 Å². The van der Waals surface area contributed by atoms with E-state index in [2.05, 4.69) is 21.2 Å². The fourth-order valence-electron chi connectivity index (χ4n) is 1.64. The third kappa shape index (κ3) is 4.00. The van der Waals surface area contributed by atoms with Crippen LogP contribution in [0.5, 0.6) is 0 Å². The van der Waals surface area contributed by atoms with Crippen molar-refractivity contribution in [3.05, 3.63) is 33.8 Å².